The van der Waals surface area contributed by atoms with Gasteiger partial charge >= 0.3 is 12.1 Å². The van der Waals surface area contributed by atoms with Gasteiger partial charge in [-0.2, -0.15) is 13.2 Å². The third-order valence-corrected chi connectivity index (χ3v) is 3.66. The minimum absolute atomic E-state index is 0.000279. The maximum Gasteiger partial charge on any atom is 0.416 e. The summed E-state index contributed by atoms with van der Waals surface area (Å²) in [5.74, 6) is -1.86. The fraction of sp³-hybridized carbons (Fsp3) is 0.467. The molecule has 0 radical (unpaired) electrons. The first kappa shape index (κ1) is 16.3. The minimum Gasteiger partial charge on any atom is -0.480 e. The zero-order chi connectivity index (χ0) is 16.7. The number of aliphatic carboxylic acids is 1. The van der Waals surface area contributed by atoms with Crippen LogP contribution in [0.5, 0.6) is 0 Å². The van der Waals surface area contributed by atoms with Crippen LogP contribution in [0.4, 0.5) is 13.2 Å². The lowest BCUT2D eigenvalue weighted by molar-refractivity contribution is -0.143. The van der Waals surface area contributed by atoms with Crippen LogP contribution in [-0.2, 0) is 17.5 Å². The normalized spacial score (nSPS) is 16.1. The van der Waals surface area contributed by atoms with Crippen molar-refractivity contribution >= 4 is 11.9 Å². The van der Waals surface area contributed by atoms with Crippen LogP contribution in [0.3, 0.4) is 0 Å². The molecule has 0 spiro atoms. The molecule has 1 aromatic rings. The molecule has 0 saturated heterocycles. The van der Waals surface area contributed by atoms with Crippen molar-refractivity contribution in [3.8, 4) is 0 Å². The fourth-order valence-electron chi connectivity index (χ4n) is 2.68. The van der Waals surface area contributed by atoms with E-state index in [1.54, 1.807) is 13.8 Å². The number of carboxylic acid groups (broad SMARTS) is 1. The molecule has 7 heteroatoms. The van der Waals surface area contributed by atoms with Gasteiger partial charge in [0.05, 0.1) is 5.56 Å². The molecule has 0 saturated carbocycles. The predicted molar refractivity (Wildman–Crippen MR) is 72.2 cm³/mol. The lowest BCUT2D eigenvalue weighted by Gasteiger charge is -2.25. The average molecular weight is 315 g/mol. The zero-order valence-corrected chi connectivity index (χ0v) is 12.1. The van der Waals surface area contributed by atoms with Gasteiger partial charge in [-0.3, -0.25) is 4.79 Å². The number of carbonyl (C=O) groups excluding carboxylic acids is 1. The Morgan fingerprint density at radius 3 is 2.50 bits per heavy atom. The van der Waals surface area contributed by atoms with Gasteiger partial charge < -0.3 is 10.0 Å². The second-order valence-electron chi connectivity index (χ2n) is 5.75. The number of amides is 1. The first-order valence-electron chi connectivity index (χ1n) is 6.85. The maximum atomic E-state index is 13.0. The standard InChI is InChI=1S/C15H16F3NO3/c1-8(2)6-12(14(21)22)19-7-10-9(13(19)20)4-3-5-11(10)15(16,17)18/h3-5,8,12H,6-7H2,1-2H3,(H,21,22)/t12-/m0/s1. The summed E-state index contributed by atoms with van der Waals surface area (Å²) in [5, 5.41) is 9.29. The van der Waals surface area contributed by atoms with Crippen molar-refractivity contribution in [1.29, 1.82) is 0 Å². The van der Waals surface area contributed by atoms with Gasteiger partial charge in [-0.25, -0.2) is 4.79 Å². The monoisotopic (exact) mass is 315 g/mol. The van der Waals surface area contributed by atoms with Crippen molar-refractivity contribution < 1.29 is 27.9 Å². The van der Waals surface area contributed by atoms with E-state index in [1.807, 2.05) is 0 Å². The number of carbonyl (C=O) groups is 2. The largest absolute Gasteiger partial charge is 0.480 e. The van der Waals surface area contributed by atoms with Crippen LogP contribution in [0.15, 0.2) is 18.2 Å². The number of halogens is 3. The highest BCUT2D eigenvalue weighted by atomic mass is 19.4. The van der Waals surface area contributed by atoms with Crippen molar-refractivity contribution in [3.05, 3.63) is 34.9 Å². The smallest absolute Gasteiger partial charge is 0.416 e. The van der Waals surface area contributed by atoms with Gasteiger partial charge in [-0.1, -0.05) is 19.9 Å². The van der Waals surface area contributed by atoms with Gasteiger partial charge in [0.25, 0.3) is 5.91 Å². The molecule has 22 heavy (non-hydrogen) atoms. The van der Waals surface area contributed by atoms with Crippen LogP contribution in [0.1, 0.15) is 41.8 Å². The molecule has 1 aromatic carbocycles. The molecule has 1 amide bonds. The summed E-state index contributed by atoms with van der Waals surface area (Å²) in [5.41, 5.74) is -1.09. The van der Waals surface area contributed by atoms with E-state index < -0.39 is 29.7 Å². The number of carboxylic acids is 1. The Balaban J connectivity index is 2.41. The third kappa shape index (κ3) is 2.93. The number of benzene rings is 1. The molecule has 4 nitrogen and oxygen atoms in total. The molecule has 0 bridgehead atoms. The SMILES string of the molecule is CC(C)C[C@@H](C(=O)O)N1Cc2c(cccc2C(F)(F)F)C1=O. The van der Waals surface area contributed by atoms with E-state index >= 15 is 0 Å². The molecule has 2 rings (SSSR count). The van der Waals surface area contributed by atoms with Crippen molar-refractivity contribution in [1.82, 2.24) is 4.90 Å². The fourth-order valence-corrected chi connectivity index (χ4v) is 2.68. The first-order chi connectivity index (χ1) is 10.1. The van der Waals surface area contributed by atoms with Crippen LogP contribution in [0, 0.1) is 5.92 Å². The highest BCUT2D eigenvalue weighted by Crippen LogP contribution is 2.38. The lowest BCUT2D eigenvalue weighted by atomic mass is 10.0. The van der Waals surface area contributed by atoms with Crippen LogP contribution in [0.2, 0.25) is 0 Å². The summed E-state index contributed by atoms with van der Waals surface area (Å²) in [6.07, 6.45) is -4.38. The van der Waals surface area contributed by atoms with Gasteiger partial charge in [0.1, 0.15) is 6.04 Å². The van der Waals surface area contributed by atoms with E-state index in [0.29, 0.717) is 0 Å². The highest BCUT2D eigenvalue weighted by molar-refractivity contribution is 6.00. The minimum atomic E-state index is -4.57. The first-order valence-corrected chi connectivity index (χ1v) is 6.85. The van der Waals surface area contributed by atoms with Crippen molar-refractivity contribution in [3.63, 3.8) is 0 Å². The molecule has 1 N–H and O–H groups in total. The molecule has 0 fully saturated rings. The molecule has 0 aliphatic carbocycles. The second kappa shape index (κ2) is 5.62. The number of hydrogen-bond acceptors (Lipinski definition) is 2. The number of nitrogens with zero attached hydrogens (tertiary/aromatic N) is 1. The summed E-state index contributed by atoms with van der Waals surface area (Å²) in [4.78, 5) is 24.7. The van der Waals surface area contributed by atoms with E-state index in [2.05, 4.69) is 0 Å². The van der Waals surface area contributed by atoms with Crippen LogP contribution < -0.4 is 0 Å². The van der Waals surface area contributed by atoms with Crippen LogP contribution in [-0.4, -0.2) is 27.9 Å². The Morgan fingerprint density at radius 1 is 1.36 bits per heavy atom. The van der Waals surface area contributed by atoms with Crippen molar-refractivity contribution in [2.24, 2.45) is 5.92 Å². The van der Waals surface area contributed by atoms with E-state index in [9.17, 15) is 27.9 Å². The van der Waals surface area contributed by atoms with Crippen LogP contribution >= 0.6 is 0 Å². The Bertz CT molecular complexity index is 611. The maximum absolute atomic E-state index is 13.0. The quantitative estimate of drug-likeness (QED) is 0.928. The Kier molecular flexibility index (Phi) is 4.17. The number of alkyl halides is 3. The summed E-state index contributed by atoms with van der Waals surface area (Å²) in [6.45, 7) is 3.27. The van der Waals surface area contributed by atoms with E-state index in [4.69, 9.17) is 0 Å². The Labute approximate surface area is 125 Å². The van der Waals surface area contributed by atoms with Crippen molar-refractivity contribution in [2.45, 2.75) is 39.0 Å². The van der Waals surface area contributed by atoms with Gasteiger partial charge in [-0.05, 0) is 30.0 Å². The molecule has 120 valence electrons. The van der Waals surface area contributed by atoms with Gasteiger partial charge in [0.15, 0.2) is 0 Å². The van der Waals surface area contributed by atoms with E-state index in [1.165, 1.54) is 12.1 Å². The Hall–Kier alpha value is -2.05. The summed E-state index contributed by atoms with van der Waals surface area (Å²) < 4.78 is 39.1. The average Bonchev–Trinajstić information content (AvgIpc) is 2.72. The number of hydrogen-bond donors (Lipinski definition) is 1. The van der Waals surface area contributed by atoms with E-state index in [0.717, 1.165) is 11.0 Å². The van der Waals surface area contributed by atoms with Gasteiger partial charge in [0.2, 0.25) is 0 Å². The molecule has 1 aliphatic heterocycles. The molecular weight excluding hydrogens is 299 g/mol. The predicted octanol–water partition coefficient (Wildman–Crippen LogP) is 3.16. The number of rotatable bonds is 4. The topological polar surface area (TPSA) is 57.6 Å². The summed E-state index contributed by atoms with van der Waals surface area (Å²) in [6, 6.07) is 2.26. The zero-order valence-electron chi connectivity index (χ0n) is 12.1. The van der Waals surface area contributed by atoms with Gasteiger partial charge in [0, 0.05) is 12.1 Å². The molecule has 0 aromatic heterocycles. The van der Waals surface area contributed by atoms with Crippen LogP contribution in [0.25, 0.3) is 0 Å². The van der Waals surface area contributed by atoms with Crippen molar-refractivity contribution in [2.75, 3.05) is 0 Å². The summed E-state index contributed by atoms with van der Waals surface area (Å²) in [7, 11) is 0. The molecule has 1 heterocycles. The van der Waals surface area contributed by atoms with E-state index in [-0.39, 0.29) is 30.0 Å². The molecular formula is C15H16F3NO3. The molecule has 0 unspecified atom stereocenters. The Morgan fingerprint density at radius 2 is 2.00 bits per heavy atom. The molecule has 1 atom stereocenters. The van der Waals surface area contributed by atoms with Gasteiger partial charge in [-0.15, -0.1) is 0 Å². The third-order valence-electron chi connectivity index (χ3n) is 3.66. The summed E-state index contributed by atoms with van der Waals surface area (Å²) >= 11 is 0. The molecule has 1 aliphatic rings. The lowest BCUT2D eigenvalue weighted by Crippen LogP contribution is -2.42. The number of fused-ring (bicyclic) bond motifs is 1. The second-order valence-corrected chi connectivity index (χ2v) is 5.75. The highest BCUT2D eigenvalue weighted by Gasteiger charge is 2.42.